The van der Waals surface area contributed by atoms with E-state index in [0.29, 0.717) is 0 Å². The first-order valence-electron chi connectivity index (χ1n) is 6.60. The molecule has 0 atom stereocenters. The van der Waals surface area contributed by atoms with Crippen molar-refractivity contribution in [2.75, 3.05) is 19.3 Å². The van der Waals surface area contributed by atoms with Gasteiger partial charge in [0.15, 0.2) is 16.6 Å². The molecule has 0 aromatic heterocycles. The predicted octanol–water partition coefficient (Wildman–Crippen LogP) is 3.31. The van der Waals surface area contributed by atoms with Crippen molar-refractivity contribution in [1.82, 2.24) is 4.90 Å². The van der Waals surface area contributed by atoms with Gasteiger partial charge in [-0.15, -0.1) is 0 Å². The normalized spacial score (nSPS) is 21.4. The van der Waals surface area contributed by atoms with Gasteiger partial charge in [-0.3, -0.25) is 0 Å². The van der Waals surface area contributed by atoms with Crippen LogP contribution >= 0.6 is 0 Å². The van der Waals surface area contributed by atoms with E-state index in [1.807, 2.05) is 0 Å². The fraction of sp³-hybridized carbons (Fsp3) is 1.00. The van der Waals surface area contributed by atoms with Crippen molar-refractivity contribution < 1.29 is 4.12 Å². The number of likely N-dealkylation sites (tertiary alicyclic amines) is 1. The molecule has 0 N–H and O–H groups in total. The fourth-order valence-electron chi connectivity index (χ4n) is 2.62. The number of piperidine rings is 1. The summed E-state index contributed by atoms with van der Waals surface area (Å²) in [6.45, 7) is 16.6. The molecule has 1 rings (SSSR count). The minimum Gasteiger partial charge on any atom is -0.455 e. The van der Waals surface area contributed by atoms with Crippen LogP contribution in [0.25, 0.3) is 0 Å². The summed E-state index contributed by atoms with van der Waals surface area (Å²) in [6, 6.07) is 0. The lowest BCUT2D eigenvalue weighted by Crippen LogP contribution is -2.52. The molecule has 0 spiro atoms. The molecule has 96 valence electrons. The van der Waals surface area contributed by atoms with E-state index in [2.05, 4.69) is 44.6 Å². The molecule has 0 unspecified atom stereocenters. The lowest BCUT2D eigenvalue weighted by molar-refractivity contribution is 0.210. The molecule has 2 nitrogen and oxygen atoms in total. The number of hydrogen-bond acceptors (Lipinski definition) is 2. The second-order valence-electron chi connectivity index (χ2n) is 6.93. The van der Waals surface area contributed by atoms with Crippen LogP contribution in [0, 0.1) is 5.92 Å². The molecule has 1 saturated heterocycles. The van der Waals surface area contributed by atoms with E-state index in [4.69, 9.17) is 4.12 Å². The highest BCUT2D eigenvalue weighted by atomic mass is 28.4. The van der Waals surface area contributed by atoms with E-state index in [9.17, 15) is 0 Å². The summed E-state index contributed by atoms with van der Waals surface area (Å²) in [5.74, 6) is 0.930. The monoisotopic (exact) mass is 259 g/mol. The molecule has 1 fully saturated rings. The highest BCUT2D eigenvalue weighted by molar-refractivity contribution is 6.84. The third kappa shape index (κ3) is 5.61. The Bertz CT molecular complexity index is 218. The Balaban J connectivity index is 2.40. The molecule has 16 heavy (non-hydrogen) atoms. The van der Waals surface area contributed by atoms with Gasteiger partial charge >= 0.3 is 0 Å². The zero-order chi connectivity index (χ0) is 12.4. The van der Waals surface area contributed by atoms with Crippen molar-refractivity contribution in [2.45, 2.75) is 52.5 Å². The molecule has 0 aromatic carbocycles. The minimum atomic E-state index is -1.46. The molecule has 1 aliphatic rings. The maximum absolute atomic E-state index is 6.39. The van der Waals surface area contributed by atoms with Gasteiger partial charge in [-0.2, -0.15) is 0 Å². The first-order chi connectivity index (χ1) is 7.18. The van der Waals surface area contributed by atoms with E-state index in [-0.39, 0.29) is 0 Å². The molecular weight excluding hydrogens is 230 g/mol. The van der Waals surface area contributed by atoms with Gasteiger partial charge in [0.1, 0.15) is 0 Å². The fourth-order valence-corrected chi connectivity index (χ4v) is 10.9. The highest BCUT2D eigenvalue weighted by Gasteiger charge is 2.32. The summed E-state index contributed by atoms with van der Waals surface area (Å²) < 4.78 is 6.39. The topological polar surface area (TPSA) is 12.5 Å². The summed E-state index contributed by atoms with van der Waals surface area (Å²) in [4.78, 5) is 2.63. The van der Waals surface area contributed by atoms with Crippen LogP contribution in [-0.2, 0) is 4.12 Å². The Kier molecular flexibility index (Phi) is 4.81. The van der Waals surface area contributed by atoms with Gasteiger partial charge in [-0.25, -0.2) is 0 Å². The molecular formula is C12H29NOSi2. The van der Waals surface area contributed by atoms with Crippen LogP contribution in [0.4, 0.5) is 0 Å². The summed E-state index contributed by atoms with van der Waals surface area (Å²) in [6.07, 6.45) is 3.97. The number of rotatable bonds is 4. The zero-order valence-corrected chi connectivity index (χ0v) is 14.0. The zero-order valence-electron chi connectivity index (χ0n) is 12.0. The van der Waals surface area contributed by atoms with E-state index in [0.717, 1.165) is 5.92 Å². The van der Waals surface area contributed by atoms with Gasteiger partial charge < -0.3 is 9.02 Å². The van der Waals surface area contributed by atoms with Gasteiger partial charge in [0.05, 0.1) is 0 Å². The molecule has 0 radical (unpaired) electrons. The molecule has 0 saturated carbocycles. The van der Waals surface area contributed by atoms with Gasteiger partial charge in [0.25, 0.3) is 0 Å². The first-order valence-corrected chi connectivity index (χ1v) is 13.1. The number of hydrogen-bond donors (Lipinski definition) is 0. The summed E-state index contributed by atoms with van der Waals surface area (Å²) >= 11 is 0. The lowest BCUT2D eigenvalue weighted by Gasteiger charge is -2.38. The lowest BCUT2D eigenvalue weighted by atomic mass is 10.00. The third-order valence-electron chi connectivity index (χ3n) is 3.06. The van der Waals surface area contributed by atoms with E-state index >= 15 is 0 Å². The van der Waals surface area contributed by atoms with Crippen molar-refractivity contribution in [3.05, 3.63) is 0 Å². The van der Waals surface area contributed by atoms with Crippen LogP contribution in [0.3, 0.4) is 0 Å². The quantitative estimate of drug-likeness (QED) is 0.718. The second kappa shape index (κ2) is 5.33. The van der Waals surface area contributed by atoms with Crippen molar-refractivity contribution in [3.8, 4) is 0 Å². The van der Waals surface area contributed by atoms with Gasteiger partial charge in [0, 0.05) is 6.17 Å². The van der Waals surface area contributed by atoms with Crippen LogP contribution in [0.2, 0.25) is 32.7 Å². The smallest absolute Gasteiger partial charge is 0.187 e. The van der Waals surface area contributed by atoms with Crippen LogP contribution in [0.1, 0.15) is 19.8 Å². The molecule has 4 heteroatoms. The largest absolute Gasteiger partial charge is 0.455 e. The Morgan fingerprint density at radius 1 is 1.06 bits per heavy atom. The Labute approximate surface area is 104 Å². The van der Waals surface area contributed by atoms with Crippen molar-refractivity contribution in [3.63, 3.8) is 0 Å². The maximum atomic E-state index is 6.39. The van der Waals surface area contributed by atoms with Crippen LogP contribution in [-0.4, -0.2) is 40.8 Å². The third-order valence-corrected chi connectivity index (χ3v) is 8.93. The van der Waals surface area contributed by atoms with Crippen molar-refractivity contribution >= 4 is 16.6 Å². The van der Waals surface area contributed by atoms with Crippen LogP contribution in [0.15, 0.2) is 0 Å². The van der Waals surface area contributed by atoms with Crippen molar-refractivity contribution in [1.29, 1.82) is 0 Å². The summed E-state index contributed by atoms with van der Waals surface area (Å²) in [7, 11) is -2.82. The van der Waals surface area contributed by atoms with E-state index < -0.39 is 16.6 Å². The SMILES string of the molecule is CC1CCN(C[Si](C)(C)O[Si](C)(C)C)CC1. The van der Waals surface area contributed by atoms with Crippen molar-refractivity contribution in [2.24, 2.45) is 5.92 Å². The Morgan fingerprint density at radius 2 is 1.56 bits per heavy atom. The van der Waals surface area contributed by atoms with Crippen LogP contribution < -0.4 is 0 Å². The average Bonchev–Trinajstić information content (AvgIpc) is 2.04. The van der Waals surface area contributed by atoms with Gasteiger partial charge in [-0.05, 0) is 64.6 Å². The van der Waals surface area contributed by atoms with E-state index in [1.165, 1.54) is 32.1 Å². The molecule has 0 amide bonds. The average molecular weight is 260 g/mol. The number of nitrogens with zero attached hydrogens (tertiary/aromatic N) is 1. The maximum Gasteiger partial charge on any atom is 0.187 e. The Hall–Kier alpha value is 0.354. The summed E-state index contributed by atoms with van der Waals surface area (Å²) in [5.41, 5.74) is 0. The van der Waals surface area contributed by atoms with Gasteiger partial charge in [0.2, 0.25) is 0 Å². The molecule has 1 aliphatic heterocycles. The second-order valence-corrected chi connectivity index (χ2v) is 15.8. The first kappa shape index (κ1) is 14.4. The minimum absolute atomic E-state index is 0.930. The Morgan fingerprint density at radius 3 is 2.00 bits per heavy atom. The molecule has 0 aliphatic carbocycles. The predicted molar refractivity (Wildman–Crippen MR) is 76.8 cm³/mol. The summed E-state index contributed by atoms with van der Waals surface area (Å²) in [5, 5.41) is 0. The molecule has 0 aromatic rings. The van der Waals surface area contributed by atoms with E-state index in [1.54, 1.807) is 0 Å². The molecule has 0 bridgehead atoms. The standard InChI is InChI=1S/C12H29NOSi2/c1-12-7-9-13(10-8-12)11-16(5,6)14-15(2,3)4/h12H,7-11H2,1-6H3. The molecule has 1 heterocycles. The van der Waals surface area contributed by atoms with Crippen LogP contribution in [0.5, 0.6) is 0 Å². The highest BCUT2D eigenvalue weighted by Crippen LogP contribution is 2.20. The van der Waals surface area contributed by atoms with Gasteiger partial charge in [-0.1, -0.05) is 6.92 Å².